The molecule has 2 aromatic rings. The van der Waals surface area contributed by atoms with Crippen LogP contribution in [0.3, 0.4) is 0 Å². The number of nitrogens with two attached hydrogens (primary N) is 1. The van der Waals surface area contributed by atoms with Gasteiger partial charge in [-0.3, -0.25) is 4.79 Å². The van der Waals surface area contributed by atoms with Crippen molar-refractivity contribution in [1.29, 1.82) is 0 Å². The highest BCUT2D eigenvalue weighted by molar-refractivity contribution is 5.96. The van der Waals surface area contributed by atoms with Gasteiger partial charge in [-0.15, -0.1) is 5.10 Å². The molecule has 1 saturated carbocycles. The summed E-state index contributed by atoms with van der Waals surface area (Å²) in [6.07, 6.45) is 7.16. The Hall–Kier alpha value is -2.25. The maximum Gasteiger partial charge on any atom is 0.352 e. The van der Waals surface area contributed by atoms with Gasteiger partial charge < -0.3 is 5.73 Å². The molecule has 1 amide bonds. The molecular formula is C12H16N6O2. The Bertz CT molecular complexity index is 698. The SMILES string of the molecule is NC(=O)c1ncn2c(=O)n(CC3CCCCC3)nnc12. The molecule has 0 radical (unpaired) electrons. The van der Waals surface area contributed by atoms with Crippen molar-refractivity contribution in [2.24, 2.45) is 11.7 Å². The summed E-state index contributed by atoms with van der Waals surface area (Å²) < 4.78 is 2.56. The van der Waals surface area contributed by atoms with Crippen molar-refractivity contribution >= 4 is 11.6 Å². The number of aromatic nitrogens is 5. The molecule has 0 spiro atoms. The monoisotopic (exact) mass is 276 g/mol. The van der Waals surface area contributed by atoms with Crippen LogP contribution in [0.5, 0.6) is 0 Å². The van der Waals surface area contributed by atoms with E-state index in [1.54, 1.807) is 0 Å². The number of amides is 1. The highest BCUT2D eigenvalue weighted by atomic mass is 16.2. The fourth-order valence-electron chi connectivity index (χ4n) is 2.74. The fraction of sp³-hybridized carbons (Fsp3) is 0.583. The summed E-state index contributed by atoms with van der Waals surface area (Å²) >= 11 is 0. The molecule has 1 fully saturated rings. The number of carbonyl (C=O) groups is 1. The van der Waals surface area contributed by atoms with Crippen molar-refractivity contribution in [3.05, 3.63) is 22.5 Å². The van der Waals surface area contributed by atoms with Gasteiger partial charge in [0.05, 0.1) is 6.54 Å². The molecule has 0 aliphatic heterocycles. The van der Waals surface area contributed by atoms with Crippen LogP contribution in [0.1, 0.15) is 42.6 Å². The third-order valence-electron chi connectivity index (χ3n) is 3.81. The second-order valence-electron chi connectivity index (χ2n) is 5.21. The van der Waals surface area contributed by atoms with E-state index in [-0.39, 0.29) is 17.0 Å². The van der Waals surface area contributed by atoms with Crippen LogP contribution in [0, 0.1) is 5.92 Å². The van der Waals surface area contributed by atoms with E-state index in [0.29, 0.717) is 12.5 Å². The van der Waals surface area contributed by atoms with Crippen LogP contribution >= 0.6 is 0 Å². The zero-order valence-corrected chi connectivity index (χ0v) is 11.0. The number of primary amides is 1. The Labute approximate surface area is 114 Å². The molecule has 3 rings (SSSR count). The zero-order chi connectivity index (χ0) is 14.1. The van der Waals surface area contributed by atoms with Gasteiger partial charge in [-0.25, -0.2) is 14.2 Å². The van der Waals surface area contributed by atoms with Crippen LogP contribution < -0.4 is 11.4 Å². The molecule has 1 aliphatic carbocycles. The van der Waals surface area contributed by atoms with E-state index in [2.05, 4.69) is 15.3 Å². The highest BCUT2D eigenvalue weighted by Gasteiger charge is 2.18. The van der Waals surface area contributed by atoms with Crippen molar-refractivity contribution < 1.29 is 4.79 Å². The van der Waals surface area contributed by atoms with Gasteiger partial charge in [-0.1, -0.05) is 24.5 Å². The minimum absolute atomic E-state index is 0.0283. The average molecular weight is 276 g/mol. The summed E-state index contributed by atoms with van der Waals surface area (Å²) in [6.45, 7) is 0.561. The lowest BCUT2D eigenvalue weighted by molar-refractivity contribution is 0.0997. The van der Waals surface area contributed by atoms with Crippen LogP contribution in [0.4, 0.5) is 0 Å². The van der Waals surface area contributed by atoms with Crippen LogP contribution in [0.15, 0.2) is 11.1 Å². The minimum Gasteiger partial charge on any atom is -0.364 e. The first-order valence-electron chi connectivity index (χ1n) is 6.77. The first kappa shape index (κ1) is 12.8. The van der Waals surface area contributed by atoms with Crippen LogP contribution in [0.2, 0.25) is 0 Å². The maximum absolute atomic E-state index is 12.3. The molecule has 106 valence electrons. The Morgan fingerprint density at radius 3 is 2.80 bits per heavy atom. The maximum atomic E-state index is 12.3. The summed E-state index contributed by atoms with van der Waals surface area (Å²) in [7, 11) is 0. The molecule has 0 unspecified atom stereocenters. The second-order valence-corrected chi connectivity index (χ2v) is 5.21. The molecule has 0 atom stereocenters. The molecule has 8 heteroatoms. The molecular weight excluding hydrogens is 260 g/mol. The van der Waals surface area contributed by atoms with Gasteiger partial charge in [-0.2, -0.15) is 4.68 Å². The van der Waals surface area contributed by atoms with Crippen molar-refractivity contribution in [2.45, 2.75) is 38.6 Å². The van der Waals surface area contributed by atoms with E-state index in [9.17, 15) is 9.59 Å². The predicted octanol–water partition coefficient (Wildman–Crippen LogP) is -0.0348. The number of fused-ring (bicyclic) bond motifs is 1. The highest BCUT2D eigenvalue weighted by Crippen LogP contribution is 2.24. The third-order valence-corrected chi connectivity index (χ3v) is 3.81. The average Bonchev–Trinajstić information content (AvgIpc) is 2.88. The van der Waals surface area contributed by atoms with E-state index in [1.807, 2.05) is 0 Å². The lowest BCUT2D eigenvalue weighted by atomic mass is 9.89. The van der Waals surface area contributed by atoms with Crippen LogP contribution in [-0.2, 0) is 6.54 Å². The van der Waals surface area contributed by atoms with Crippen molar-refractivity contribution in [2.75, 3.05) is 0 Å². The quantitative estimate of drug-likeness (QED) is 0.846. The minimum atomic E-state index is -0.716. The summed E-state index contributed by atoms with van der Waals surface area (Å²) in [5.74, 6) is -0.251. The molecule has 2 N–H and O–H groups in total. The summed E-state index contributed by atoms with van der Waals surface area (Å²) in [4.78, 5) is 27.2. The topological polar surface area (TPSA) is 108 Å². The van der Waals surface area contributed by atoms with E-state index in [4.69, 9.17) is 5.73 Å². The fourth-order valence-corrected chi connectivity index (χ4v) is 2.74. The lowest BCUT2D eigenvalue weighted by Gasteiger charge is -2.21. The molecule has 2 aromatic heterocycles. The van der Waals surface area contributed by atoms with Crippen molar-refractivity contribution in [3.8, 4) is 0 Å². The van der Waals surface area contributed by atoms with E-state index >= 15 is 0 Å². The number of rotatable bonds is 3. The second kappa shape index (κ2) is 5.03. The molecule has 8 nitrogen and oxygen atoms in total. The van der Waals surface area contributed by atoms with Gasteiger partial charge in [0.1, 0.15) is 6.33 Å². The summed E-state index contributed by atoms with van der Waals surface area (Å²) in [6, 6.07) is 0. The molecule has 20 heavy (non-hydrogen) atoms. The largest absolute Gasteiger partial charge is 0.364 e. The number of imidazole rings is 1. The molecule has 0 saturated heterocycles. The normalized spacial score (nSPS) is 16.6. The predicted molar refractivity (Wildman–Crippen MR) is 70.1 cm³/mol. The molecule has 0 bridgehead atoms. The standard InChI is InChI=1S/C12H16N6O2/c13-10(19)9-11-15-16-18(12(20)17(11)7-14-9)6-8-4-2-1-3-5-8/h7-8H,1-6H2,(H2,13,19). The Kier molecular flexibility index (Phi) is 3.21. The molecule has 2 heterocycles. The van der Waals surface area contributed by atoms with Crippen molar-refractivity contribution in [3.63, 3.8) is 0 Å². The number of hydrogen-bond donors (Lipinski definition) is 1. The van der Waals surface area contributed by atoms with Gasteiger partial charge in [0.2, 0.25) is 0 Å². The van der Waals surface area contributed by atoms with Gasteiger partial charge in [0, 0.05) is 0 Å². The summed E-state index contributed by atoms with van der Waals surface area (Å²) in [5, 5.41) is 7.80. The number of hydrogen-bond acceptors (Lipinski definition) is 5. The van der Waals surface area contributed by atoms with Gasteiger partial charge in [0.25, 0.3) is 5.91 Å². The first-order valence-corrected chi connectivity index (χ1v) is 6.77. The molecule has 0 aromatic carbocycles. The Balaban J connectivity index is 1.95. The number of carbonyl (C=O) groups excluding carboxylic acids is 1. The van der Waals surface area contributed by atoms with Crippen LogP contribution in [-0.4, -0.2) is 30.3 Å². The van der Waals surface area contributed by atoms with E-state index in [0.717, 1.165) is 12.8 Å². The molecule has 1 aliphatic rings. The van der Waals surface area contributed by atoms with E-state index < -0.39 is 5.91 Å². The third kappa shape index (κ3) is 2.17. The summed E-state index contributed by atoms with van der Waals surface area (Å²) in [5.41, 5.74) is 4.92. The smallest absolute Gasteiger partial charge is 0.352 e. The van der Waals surface area contributed by atoms with Gasteiger partial charge in [-0.05, 0) is 18.8 Å². The number of nitrogens with zero attached hydrogens (tertiary/aromatic N) is 5. The van der Waals surface area contributed by atoms with Crippen molar-refractivity contribution in [1.82, 2.24) is 24.4 Å². The Morgan fingerprint density at radius 1 is 1.35 bits per heavy atom. The van der Waals surface area contributed by atoms with E-state index in [1.165, 1.54) is 34.7 Å². The lowest BCUT2D eigenvalue weighted by Crippen LogP contribution is -2.32. The Morgan fingerprint density at radius 2 is 2.10 bits per heavy atom. The first-order chi connectivity index (χ1) is 9.66. The van der Waals surface area contributed by atoms with Gasteiger partial charge >= 0.3 is 5.69 Å². The van der Waals surface area contributed by atoms with Gasteiger partial charge in [0.15, 0.2) is 11.3 Å². The van der Waals surface area contributed by atoms with Crippen LogP contribution in [0.25, 0.3) is 5.65 Å². The zero-order valence-electron chi connectivity index (χ0n) is 11.0.